The van der Waals surface area contributed by atoms with Gasteiger partial charge in [0.1, 0.15) is 0 Å². The Hall–Kier alpha value is -2.07. The van der Waals surface area contributed by atoms with Gasteiger partial charge in [0, 0.05) is 30.5 Å². The fourth-order valence-electron chi connectivity index (χ4n) is 3.74. The first-order chi connectivity index (χ1) is 10.7. The number of benzene rings is 1. The van der Waals surface area contributed by atoms with Gasteiger partial charge in [-0.1, -0.05) is 29.8 Å². The third-order valence-corrected chi connectivity index (χ3v) is 4.89. The van der Waals surface area contributed by atoms with Gasteiger partial charge in [0.2, 0.25) is 0 Å². The van der Waals surface area contributed by atoms with Gasteiger partial charge in [0.05, 0.1) is 0 Å². The van der Waals surface area contributed by atoms with Gasteiger partial charge >= 0.3 is 6.03 Å². The minimum atomic E-state index is -0.0294. The second-order valence-corrected chi connectivity index (χ2v) is 6.52. The summed E-state index contributed by atoms with van der Waals surface area (Å²) in [7, 11) is 0. The average Bonchev–Trinajstić information content (AvgIpc) is 3.23. The molecule has 4 heteroatoms. The molecule has 1 amide bonds. The summed E-state index contributed by atoms with van der Waals surface area (Å²) in [4.78, 5) is 12.4. The Morgan fingerprint density at radius 1 is 1.27 bits per heavy atom. The van der Waals surface area contributed by atoms with Crippen LogP contribution in [0.1, 0.15) is 24.8 Å². The van der Waals surface area contributed by atoms with Gasteiger partial charge in [-0.25, -0.2) is 4.79 Å². The highest BCUT2D eigenvalue weighted by Gasteiger charge is 2.39. The Morgan fingerprint density at radius 2 is 2.18 bits per heavy atom. The molecular weight excluding hydrogens is 274 g/mol. The van der Waals surface area contributed by atoms with E-state index in [1.807, 2.05) is 24.5 Å². The number of amides is 1. The van der Waals surface area contributed by atoms with Crippen LogP contribution in [-0.2, 0) is 0 Å². The molecule has 0 radical (unpaired) electrons. The molecule has 4 nitrogen and oxygen atoms in total. The van der Waals surface area contributed by atoms with E-state index in [1.165, 1.54) is 18.4 Å². The summed E-state index contributed by atoms with van der Waals surface area (Å²) in [6, 6.07) is 11.6. The van der Waals surface area contributed by atoms with Crippen LogP contribution < -0.4 is 10.6 Å². The topological polar surface area (TPSA) is 46.1 Å². The van der Waals surface area contributed by atoms with Crippen LogP contribution >= 0.6 is 0 Å². The van der Waals surface area contributed by atoms with Crippen molar-refractivity contribution in [2.45, 2.75) is 44.3 Å². The van der Waals surface area contributed by atoms with Crippen molar-refractivity contribution in [3.05, 3.63) is 48.3 Å². The SMILES string of the molecule is Cc1cccc(-c2ccn(C(=O)N[C@@H]3C[C@H]4CC[C@@H]3N4)c2)c1. The predicted octanol–water partition coefficient (Wildman–Crippen LogP) is 2.91. The molecule has 114 valence electrons. The summed E-state index contributed by atoms with van der Waals surface area (Å²) in [6.07, 6.45) is 7.23. The van der Waals surface area contributed by atoms with Gasteiger partial charge in [0.25, 0.3) is 0 Å². The Bertz CT molecular complexity index is 706. The van der Waals surface area contributed by atoms with Crippen molar-refractivity contribution < 1.29 is 4.79 Å². The third kappa shape index (κ3) is 2.44. The quantitative estimate of drug-likeness (QED) is 0.895. The number of carbonyl (C=O) groups excluding carboxylic acids is 1. The number of hydrogen-bond donors (Lipinski definition) is 2. The Kier molecular flexibility index (Phi) is 3.26. The van der Waals surface area contributed by atoms with Crippen molar-refractivity contribution in [1.82, 2.24) is 15.2 Å². The highest BCUT2D eigenvalue weighted by Crippen LogP contribution is 2.28. The first kappa shape index (κ1) is 13.6. The lowest BCUT2D eigenvalue weighted by atomic mass is 9.96. The zero-order valence-corrected chi connectivity index (χ0v) is 12.8. The fraction of sp³-hybridized carbons (Fsp3) is 0.389. The van der Waals surface area contributed by atoms with Crippen molar-refractivity contribution in [2.24, 2.45) is 0 Å². The Labute approximate surface area is 130 Å². The second-order valence-electron chi connectivity index (χ2n) is 6.52. The van der Waals surface area contributed by atoms with Gasteiger partial charge in [-0.05, 0) is 43.4 Å². The zero-order chi connectivity index (χ0) is 15.1. The van der Waals surface area contributed by atoms with Crippen LogP contribution in [0.5, 0.6) is 0 Å². The molecule has 4 rings (SSSR count). The van der Waals surface area contributed by atoms with Gasteiger partial charge < -0.3 is 10.6 Å². The maximum absolute atomic E-state index is 12.4. The normalized spacial score (nSPS) is 26.3. The maximum atomic E-state index is 12.4. The molecule has 0 unspecified atom stereocenters. The summed E-state index contributed by atoms with van der Waals surface area (Å²) in [5.74, 6) is 0. The van der Waals surface area contributed by atoms with Gasteiger partial charge in [-0.2, -0.15) is 0 Å². The number of hydrogen-bond acceptors (Lipinski definition) is 2. The monoisotopic (exact) mass is 295 g/mol. The molecule has 1 aromatic carbocycles. The van der Waals surface area contributed by atoms with E-state index in [1.54, 1.807) is 4.57 Å². The molecule has 2 aromatic rings. The molecule has 2 aliphatic heterocycles. The van der Waals surface area contributed by atoms with Crippen molar-refractivity contribution in [3.63, 3.8) is 0 Å². The standard InChI is InChI=1S/C18H21N3O/c1-12-3-2-4-13(9-12)14-7-8-21(11-14)18(22)20-17-10-15-5-6-16(17)19-15/h2-4,7-9,11,15-17,19H,5-6,10H2,1H3,(H,20,22)/t15-,16+,17-/m1/s1. The molecule has 2 bridgehead atoms. The third-order valence-electron chi connectivity index (χ3n) is 4.89. The fourth-order valence-corrected chi connectivity index (χ4v) is 3.74. The van der Waals surface area contributed by atoms with Gasteiger partial charge in [-0.15, -0.1) is 0 Å². The molecule has 0 spiro atoms. The second kappa shape index (κ2) is 5.29. The van der Waals surface area contributed by atoms with E-state index in [-0.39, 0.29) is 12.1 Å². The van der Waals surface area contributed by atoms with Crippen LogP contribution in [0.25, 0.3) is 11.1 Å². The number of rotatable bonds is 2. The Morgan fingerprint density at radius 3 is 2.91 bits per heavy atom. The lowest BCUT2D eigenvalue weighted by molar-refractivity contribution is 0.236. The van der Waals surface area contributed by atoms with Crippen molar-refractivity contribution in [1.29, 1.82) is 0 Å². The average molecular weight is 295 g/mol. The smallest absolute Gasteiger partial charge is 0.325 e. The van der Waals surface area contributed by atoms with Crippen LogP contribution in [0.4, 0.5) is 4.79 Å². The lowest BCUT2D eigenvalue weighted by Crippen LogP contribution is -2.44. The number of aryl methyl sites for hydroxylation is 1. The van der Waals surface area contributed by atoms with Crippen LogP contribution in [0.15, 0.2) is 42.7 Å². The molecule has 0 aliphatic carbocycles. The summed E-state index contributed by atoms with van der Waals surface area (Å²) in [6.45, 7) is 2.08. The zero-order valence-electron chi connectivity index (χ0n) is 12.8. The highest BCUT2D eigenvalue weighted by atomic mass is 16.2. The molecular formula is C18H21N3O. The van der Waals surface area contributed by atoms with E-state index in [0.717, 1.165) is 17.5 Å². The van der Waals surface area contributed by atoms with Crippen LogP contribution in [-0.4, -0.2) is 28.7 Å². The van der Waals surface area contributed by atoms with E-state index in [2.05, 4.69) is 35.8 Å². The van der Waals surface area contributed by atoms with E-state index >= 15 is 0 Å². The van der Waals surface area contributed by atoms with E-state index in [4.69, 9.17) is 0 Å². The van der Waals surface area contributed by atoms with Gasteiger partial charge in [0.15, 0.2) is 0 Å². The summed E-state index contributed by atoms with van der Waals surface area (Å²) < 4.78 is 1.66. The largest absolute Gasteiger partial charge is 0.333 e. The molecule has 2 aliphatic rings. The molecule has 2 fully saturated rings. The molecule has 0 saturated carbocycles. The van der Waals surface area contributed by atoms with Crippen molar-refractivity contribution in [2.75, 3.05) is 0 Å². The van der Waals surface area contributed by atoms with E-state index in [9.17, 15) is 4.79 Å². The number of aromatic nitrogens is 1. The number of nitrogens with zero attached hydrogens (tertiary/aromatic N) is 1. The first-order valence-electron chi connectivity index (χ1n) is 8.01. The minimum absolute atomic E-state index is 0.0294. The molecule has 3 heterocycles. The Balaban J connectivity index is 1.48. The van der Waals surface area contributed by atoms with E-state index < -0.39 is 0 Å². The van der Waals surface area contributed by atoms with Crippen molar-refractivity contribution in [3.8, 4) is 11.1 Å². The van der Waals surface area contributed by atoms with E-state index in [0.29, 0.717) is 12.1 Å². The summed E-state index contributed by atoms with van der Waals surface area (Å²) >= 11 is 0. The maximum Gasteiger partial charge on any atom is 0.325 e. The molecule has 2 saturated heterocycles. The molecule has 1 aromatic heterocycles. The molecule has 3 atom stereocenters. The van der Waals surface area contributed by atoms with Crippen LogP contribution in [0, 0.1) is 6.92 Å². The van der Waals surface area contributed by atoms with Crippen LogP contribution in [0.3, 0.4) is 0 Å². The number of fused-ring (bicyclic) bond motifs is 2. The van der Waals surface area contributed by atoms with Crippen LogP contribution in [0.2, 0.25) is 0 Å². The van der Waals surface area contributed by atoms with Gasteiger partial charge in [-0.3, -0.25) is 4.57 Å². The summed E-state index contributed by atoms with van der Waals surface area (Å²) in [5.41, 5.74) is 3.45. The lowest BCUT2D eigenvalue weighted by Gasteiger charge is -2.21. The number of carbonyl (C=O) groups is 1. The first-order valence-corrected chi connectivity index (χ1v) is 8.01. The predicted molar refractivity (Wildman–Crippen MR) is 86.9 cm³/mol. The summed E-state index contributed by atoms with van der Waals surface area (Å²) in [5, 5.41) is 6.71. The highest BCUT2D eigenvalue weighted by molar-refractivity contribution is 5.79. The molecule has 2 N–H and O–H groups in total. The molecule has 22 heavy (non-hydrogen) atoms. The minimum Gasteiger partial charge on any atom is -0.333 e. The van der Waals surface area contributed by atoms with Crippen molar-refractivity contribution >= 4 is 6.03 Å². The number of nitrogens with one attached hydrogen (secondary N) is 2.